The van der Waals surface area contributed by atoms with Gasteiger partial charge >= 0.3 is 11.7 Å². The molecular weight excluding hydrogens is 316 g/mol. The topological polar surface area (TPSA) is 138 Å². The molecule has 1 aromatic carbocycles. The Morgan fingerprint density at radius 3 is 2.77 bits per heavy atom. The van der Waals surface area contributed by atoms with E-state index in [0.717, 1.165) is 6.33 Å². The minimum Gasteiger partial charge on any atom is -0.506 e. The predicted octanol–water partition coefficient (Wildman–Crippen LogP) is 2.11. The van der Waals surface area contributed by atoms with E-state index in [-0.39, 0.29) is 28.8 Å². The number of aromatic hydroxyl groups is 1. The summed E-state index contributed by atoms with van der Waals surface area (Å²) in [6.07, 6.45) is 0.761. The summed E-state index contributed by atoms with van der Waals surface area (Å²) in [5.41, 5.74) is -0.0839. The maximum Gasteiger partial charge on any atom is 0.348 e. The molecule has 9 nitrogen and oxygen atoms in total. The zero-order valence-electron chi connectivity index (χ0n) is 10.9. The SMILES string of the molecule is O=C(O)Cc1ccc(O)c(Nc2ncnc(Cl)c2[N+](=O)[O-])c1. The summed E-state index contributed by atoms with van der Waals surface area (Å²) in [7, 11) is 0. The van der Waals surface area contributed by atoms with Crippen LogP contribution in [0.1, 0.15) is 5.56 Å². The molecule has 0 amide bonds. The maximum atomic E-state index is 11.0. The van der Waals surface area contributed by atoms with E-state index in [2.05, 4.69) is 15.3 Å². The maximum absolute atomic E-state index is 11.0. The van der Waals surface area contributed by atoms with Crippen molar-refractivity contribution in [3.8, 4) is 5.75 Å². The molecule has 10 heteroatoms. The Morgan fingerprint density at radius 2 is 2.14 bits per heavy atom. The van der Waals surface area contributed by atoms with Crippen molar-refractivity contribution in [3.05, 3.63) is 45.4 Å². The summed E-state index contributed by atoms with van der Waals surface area (Å²) in [4.78, 5) is 28.2. The van der Waals surface area contributed by atoms with E-state index < -0.39 is 16.6 Å². The number of carboxylic acids is 1. The van der Waals surface area contributed by atoms with Gasteiger partial charge in [0.05, 0.1) is 17.0 Å². The van der Waals surface area contributed by atoms with Gasteiger partial charge in [0.2, 0.25) is 11.0 Å². The number of phenols is 1. The molecule has 22 heavy (non-hydrogen) atoms. The van der Waals surface area contributed by atoms with Gasteiger partial charge in [-0.05, 0) is 17.7 Å². The van der Waals surface area contributed by atoms with Crippen LogP contribution in [0.5, 0.6) is 5.75 Å². The summed E-state index contributed by atoms with van der Waals surface area (Å²) in [6.45, 7) is 0. The first-order valence-corrected chi connectivity index (χ1v) is 6.22. The van der Waals surface area contributed by atoms with Crippen LogP contribution in [-0.4, -0.2) is 31.1 Å². The first-order valence-electron chi connectivity index (χ1n) is 5.84. The molecule has 1 heterocycles. The lowest BCUT2D eigenvalue weighted by Crippen LogP contribution is -2.03. The Bertz CT molecular complexity index is 752. The number of rotatable bonds is 5. The number of aliphatic carboxylic acids is 1. The number of carboxylic acid groups (broad SMARTS) is 1. The van der Waals surface area contributed by atoms with Crippen molar-refractivity contribution in [2.75, 3.05) is 5.32 Å². The quantitative estimate of drug-likeness (QED) is 0.329. The first-order chi connectivity index (χ1) is 10.4. The molecule has 0 aliphatic rings. The molecule has 2 rings (SSSR count). The summed E-state index contributed by atoms with van der Waals surface area (Å²) in [6, 6.07) is 4.05. The van der Waals surface area contributed by atoms with Gasteiger partial charge in [0.1, 0.15) is 12.1 Å². The Labute approximate surface area is 128 Å². The fourth-order valence-corrected chi connectivity index (χ4v) is 1.91. The highest BCUT2D eigenvalue weighted by Gasteiger charge is 2.22. The third kappa shape index (κ3) is 3.38. The average Bonchev–Trinajstić information content (AvgIpc) is 2.41. The Balaban J connectivity index is 2.41. The molecule has 0 radical (unpaired) electrons. The van der Waals surface area contributed by atoms with Gasteiger partial charge in [0.15, 0.2) is 0 Å². The first kappa shape index (κ1) is 15.4. The number of phenolic OH excluding ortho intramolecular Hbond substituents is 1. The van der Waals surface area contributed by atoms with Gasteiger partial charge in [-0.2, -0.15) is 0 Å². The Hall–Kier alpha value is -2.94. The third-order valence-corrected chi connectivity index (χ3v) is 2.91. The third-order valence-electron chi connectivity index (χ3n) is 2.63. The lowest BCUT2D eigenvalue weighted by atomic mass is 10.1. The second-order valence-corrected chi connectivity index (χ2v) is 4.52. The average molecular weight is 325 g/mol. The number of nitro groups is 1. The number of nitrogens with zero attached hydrogens (tertiary/aromatic N) is 3. The number of hydrogen-bond acceptors (Lipinski definition) is 7. The number of halogens is 1. The molecule has 0 bridgehead atoms. The Morgan fingerprint density at radius 1 is 1.41 bits per heavy atom. The zero-order chi connectivity index (χ0) is 16.3. The predicted molar refractivity (Wildman–Crippen MR) is 76.4 cm³/mol. The highest BCUT2D eigenvalue weighted by molar-refractivity contribution is 6.31. The van der Waals surface area contributed by atoms with Crippen molar-refractivity contribution in [2.24, 2.45) is 0 Å². The number of nitrogens with one attached hydrogen (secondary N) is 1. The molecule has 0 atom stereocenters. The minimum atomic E-state index is -1.05. The molecule has 0 aliphatic heterocycles. The van der Waals surface area contributed by atoms with E-state index in [1.807, 2.05) is 0 Å². The molecule has 0 fully saturated rings. The van der Waals surface area contributed by atoms with Crippen LogP contribution >= 0.6 is 11.6 Å². The van der Waals surface area contributed by atoms with Crippen molar-refractivity contribution in [1.82, 2.24) is 9.97 Å². The van der Waals surface area contributed by atoms with Crippen molar-refractivity contribution < 1.29 is 19.9 Å². The van der Waals surface area contributed by atoms with Gasteiger partial charge in [0.25, 0.3) is 0 Å². The van der Waals surface area contributed by atoms with Gasteiger partial charge in [-0.3, -0.25) is 14.9 Å². The molecule has 114 valence electrons. The summed E-state index contributed by atoms with van der Waals surface area (Å²) < 4.78 is 0. The number of aromatic nitrogens is 2. The molecule has 1 aromatic heterocycles. The minimum absolute atomic E-state index is 0.0663. The summed E-state index contributed by atoms with van der Waals surface area (Å²) >= 11 is 5.66. The van der Waals surface area contributed by atoms with Crippen LogP contribution in [0, 0.1) is 10.1 Å². The lowest BCUT2D eigenvalue weighted by Gasteiger charge is -2.09. The fourth-order valence-electron chi connectivity index (χ4n) is 1.71. The Kier molecular flexibility index (Phi) is 4.37. The highest BCUT2D eigenvalue weighted by Crippen LogP contribution is 2.34. The smallest absolute Gasteiger partial charge is 0.348 e. The van der Waals surface area contributed by atoms with Crippen LogP contribution in [0.3, 0.4) is 0 Å². The van der Waals surface area contributed by atoms with Crippen LogP contribution < -0.4 is 5.32 Å². The standard InChI is InChI=1S/C12H9ClN4O5/c13-11-10(17(21)22)12(15-5-14-11)16-7-3-6(4-9(19)20)1-2-8(7)18/h1-3,5,18H,4H2,(H,19,20)(H,14,15,16). The van der Waals surface area contributed by atoms with Gasteiger partial charge in [-0.25, -0.2) is 9.97 Å². The number of carbonyl (C=O) groups is 1. The van der Waals surface area contributed by atoms with Gasteiger partial charge in [0, 0.05) is 0 Å². The number of anilines is 2. The second kappa shape index (κ2) is 6.22. The lowest BCUT2D eigenvalue weighted by molar-refractivity contribution is -0.384. The highest BCUT2D eigenvalue weighted by atomic mass is 35.5. The van der Waals surface area contributed by atoms with E-state index >= 15 is 0 Å². The van der Waals surface area contributed by atoms with E-state index in [0.29, 0.717) is 5.56 Å². The van der Waals surface area contributed by atoms with E-state index in [1.165, 1.54) is 18.2 Å². The fraction of sp³-hybridized carbons (Fsp3) is 0.0833. The van der Waals surface area contributed by atoms with Crippen LogP contribution in [-0.2, 0) is 11.2 Å². The monoisotopic (exact) mass is 324 g/mol. The summed E-state index contributed by atoms with van der Waals surface area (Å²) in [5.74, 6) is -1.49. The van der Waals surface area contributed by atoms with Crippen LogP contribution in [0.15, 0.2) is 24.5 Å². The largest absolute Gasteiger partial charge is 0.506 e. The van der Waals surface area contributed by atoms with Crippen molar-refractivity contribution in [3.63, 3.8) is 0 Å². The van der Waals surface area contributed by atoms with Gasteiger partial charge in [-0.15, -0.1) is 0 Å². The van der Waals surface area contributed by atoms with Crippen molar-refractivity contribution in [1.29, 1.82) is 0 Å². The molecular formula is C12H9ClN4O5. The normalized spacial score (nSPS) is 10.2. The summed E-state index contributed by atoms with van der Waals surface area (Å²) in [5, 5.41) is 31.7. The molecule has 0 saturated carbocycles. The van der Waals surface area contributed by atoms with Crippen molar-refractivity contribution >= 4 is 34.8 Å². The van der Waals surface area contributed by atoms with Crippen LogP contribution in [0.25, 0.3) is 0 Å². The van der Waals surface area contributed by atoms with Crippen LogP contribution in [0.2, 0.25) is 5.15 Å². The van der Waals surface area contributed by atoms with E-state index in [1.54, 1.807) is 0 Å². The van der Waals surface area contributed by atoms with Crippen molar-refractivity contribution in [2.45, 2.75) is 6.42 Å². The molecule has 0 spiro atoms. The van der Waals surface area contributed by atoms with E-state index in [9.17, 15) is 20.0 Å². The van der Waals surface area contributed by atoms with E-state index in [4.69, 9.17) is 16.7 Å². The molecule has 2 aromatic rings. The molecule has 0 aliphatic carbocycles. The molecule has 0 unspecified atom stereocenters. The molecule has 3 N–H and O–H groups in total. The second-order valence-electron chi connectivity index (χ2n) is 4.17. The van der Waals surface area contributed by atoms with Crippen LogP contribution in [0.4, 0.5) is 17.2 Å². The molecule has 0 saturated heterocycles. The number of hydrogen-bond donors (Lipinski definition) is 3. The van der Waals surface area contributed by atoms with Gasteiger partial charge < -0.3 is 15.5 Å². The van der Waals surface area contributed by atoms with Gasteiger partial charge in [-0.1, -0.05) is 17.7 Å². The number of benzene rings is 1. The zero-order valence-corrected chi connectivity index (χ0v) is 11.6.